The predicted molar refractivity (Wildman–Crippen MR) is 66.6 cm³/mol. The minimum atomic E-state index is -0.955. The van der Waals surface area contributed by atoms with Gasteiger partial charge in [-0.25, -0.2) is 4.79 Å². The van der Waals surface area contributed by atoms with Gasteiger partial charge < -0.3 is 10.4 Å². The normalized spacial score (nSPS) is 14.2. The van der Waals surface area contributed by atoms with Gasteiger partial charge in [-0.15, -0.1) is 0 Å². The number of rotatable bonds is 8. The van der Waals surface area contributed by atoms with E-state index in [1.54, 1.807) is 0 Å². The SMILES string of the molecule is CCCSCC(=O)N[C@H](C(=O)O)[C@@H](C)CC. The summed E-state index contributed by atoms with van der Waals surface area (Å²) in [5.41, 5.74) is 0. The van der Waals surface area contributed by atoms with Crippen molar-refractivity contribution in [3.8, 4) is 0 Å². The monoisotopic (exact) mass is 247 g/mol. The van der Waals surface area contributed by atoms with Gasteiger partial charge in [-0.1, -0.05) is 27.2 Å². The van der Waals surface area contributed by atoms with Crippen molar-refractivity contribution in [1.82, 2.24) is 5.32 Å². The van der Waals surface area contributed by atoms with Crippen LogP contribution in [0.5, 0.6) is 0 Å². The standard InChI is InChI=1S/C11H21NO3S/c1-4-6-16-7-9(13)12-10(11(14)15)8(3)5-2/h8,10H,4-7H2,1-3H3,(H,12,13)(H,14,15)/t8-,10-/m0/s1. The number of carbonyl (C=O) groups excluding carboxylic acids is 1. The molecule has 2 N–H and O–H groups in total. The summed E-state index contributed by atoms with van der Waals surface area (Å²) in [6.45, 7) is 5.79. The van der Waals surface area contributed by atoms with Gasteiger partial charge in [-0.3, -0.25) is 4.79 Å². The lowest BCUT2D eigenvalue weighted by Gasteiger charge is -2.19. The maximum atomic E-state index is 11.5. The van der Waals surface area contributed by atoms with Gasteiger partial charge in [0.1, 0.15) is 6.04 Å². The van der Waals surface area contributed by atoms with E-state index in [9.17, 15) is 9.59 Å². The third kappa shape index (κ3) is 6.00. The Morgan fingerprint density at radius 3 is 2.44 bits per heavy atom. The predicted octanol–water partition coefficient (Wildman–Crippen LogP) is 1.75. The van der Waals surface area contributed by atoms with Crippen LogP contribution in [0.1, 0.15) is 33.6 Å². The first-order chi connectivity index (χ1) is 7.52. The van der Waals surface area contributed by atoms with Crippen LogP contribution < -0.4 is 5.32 Å². The highest BCUT2D eigenvalue weighted by Gasteiger charge is 2.24. The van der Waals surface area contributed by atoms with Crippen molar-refractivity contribution in [2.24, 2.45) is 5.92 Å². The van der Waals surface area contributed by atoms with E-state index in [-0.39, 0.29) is 11.8 Å². The topological polar surface area (TPSA) is 66.4 Å². The number of nitrogens with one attached hydrogen (secondary N) is 1. The van der Waals surface area contributed by atoms with Crippen LogP contribution in [0, 0.1) is 5.92 Å². The van der Waals surface area contributed by atoms with E-state index >= 15 is 0 Å². The summed E-state index contributed by atoms with van der Waals surface area (Å²) in [5.74, 6) is 0.0784. The Balaban J connectivity index is 4.09. The van der Waals surface area contributed by atoms with E-state index < -0.39 is 12.0 Å². The van der Waals surface area contributed by atoms with Gasteiger partial charge in [0.05, 0.1) is 5.75 Å². The first kappa shape index (κ1) is 15.3. The Morgan fingerprint density at radius 2 is 2.00 bits per heavy atom. The summed E-state index contributed by atoms with van der Waals surface area (Å²) in [6.07, 6.45) is 1.75. The van der Waals surface area contributed by atoms with E-state index in [4.69, 9.17) is 5.11 Å². The fourth-order valence-electron chi connectivity index (χ4n) is 1.21. The van der Waals surface area contributed by atoms with E-state index in [1.165, 1.54) is 11.8 Å². The molecule has 0 bridgehead atoms. The Bertz CT molecular complexity index is 233. The molecule has 0 fully saturated rings. The lowest BCUT2D eigenvalue weighted by Crippen LogP contribution is -2.45. The minimum Gasteiger partial charge on any atom is -0.480 e. The molecule has 0 aliphatic rings. The molecule has 2 atom stereocenters. The molecule has 0 aromatic carbocycles. The quantitative estimate of drug-likeness (QED) is 0.641. The van der Waals surface area contributed by atoms with Crippen molar-refractivity contribution < 1.29 is 14.7 Å². The molecule has 0 aromatic heterocycles. The van der Waals surface area contributed by atoms with Gasteiger partial charge in [-0.2, -0.15) is 11.8 Å². The highest BCUT2D eigenvalue weighted by Crippen LogP contribution is 2.09. The van der Waals surface area contributed by atoms with Gasteiger partial charge in [0.25, 0.3) is 0 Å². The van der Waals surface area contributed by atoms with Gasteiger partial charge in [0, 0.05) is 0 Å². The second kappa shape index (κ2) is 8.44. The van der Waals surface area contributed by atoms with Gasteiger partial charge >= 0.3 is 5.97 Å². The van der Waals surface area contributed by atoms with Gasteiger partial charge in [-0.05, 0) is 18.1 Å². The first-order valence-corrected chi connectivity index (χ1v) is 6.78. The minimum absolute atomic E-state index is 0.0439. The number of aliphatic carboxylic acids is 1. The van der Waals surface area contributed by atoms with Gasteiger partial charge in [0.15, 0.2) is 0 Å². The molecule has 16 heavy (non-hydrogen) atoms. The molecule has 0 aliphatic carbocycles. The second-order valence-electron chi connectivity index (χ2n) is 3.82. The highest BCUT2D eigenvalue weighted by atomic mass is 32.2. The fraction of sp³-hybridized carbons (Fsp3) is 0.818. The maximum Gasteiger partial charge on any atom is 0.326 e. The average Bonchev–Trinajstić information content (AvgIpc) is 2.25. The molecule has 0 heterocycles. The molecule has 1 amide bonds. The largest absolute Gasteiger partial charge is 0.480 e. The zero-order valence-electron chi connectivity index (χ0n) is 10.2. The van der Waals surface area contributed by atoms with Crippen molar-refractivity contribution >= 4 is 23.6 Å². The molecule has 5 heteroatoms. The van der Waals surface area contributed by atoms with Crippen molar-refractivity contribution in [3.05, 3.63) is 0 Å². The summed E-state index contributed by atoms with van der Waals surface area (Å²) in [7, 11) is 0. The van der Waals surface area contributed by atoms with E-state index in [2.05, 4.69) is 5.32 Å². The van der Waals surface area contributed by atoms with E-state index in [0.29, 0.717) is 5.75 Å². The molecular weight excluding hydrogens is 226 g/mol. The molecule has 0 radical (unpaired) electrons. The molecule has 0 spiro atoms. The molecule has 0 aromatic rings. The summed E-state index contributed by atoms with van der Waals surface area (Å²) in [5, 5.41) is 11.5. The highest BCUT2D eigenvalue weighted by molar-refractivity contribution is 7.99. The molecule has 0 saturated carbocycles. The van der Waals surface area contributed by atoms with Crippen LogP contribution in [0.2, 0.25) is 0 Å². The zero-order chi connectivity index (χ0) is 12.6. The van der Waals surface area contributed by atoms with Crippen LogP contribution in [0.15, 0.2) is 0 Å². The number of thioether (sulfide) groups is 1. The average molecular weight is 247 g/mol. The smallest absolute Gasteiger partial charge is 0.326 e. The Kier molecular flexibility index (Phi) is 8.07. The number of hydrogen-bond donors (Lipinski definition) is 2. The molecule has 0 aliphatic heterocycles. The summed E-state index contributed by atoms with van der Waals surface area (Å²) in [4.78, 5) is 22.4. The molecule has 0 saturated heterocycles. The third-order valence-corrected chi connectivity index (χ3v) is 3.54. The Morgan fingerprint density at radius 1 is 1.38 bits per heavy atom. The van der Waals surface area contributed by atoms with E-state index in [1.807, 2.05) is 20.8 Å². The molecule has 0 rings (SSSR count). The fourth-order valence-corrected chi connectivity index (χ4v) is 1.91. The Hall–Kier alpha value is -0.710. The zero-order valence-corrected chi connectivity index (χ0v) is 11.0. The summed E-state index contributed by atoms with van der Waals surface area (Å²) >= 11 is 1.53. The second-order valence-corrected chi connectivity index (χ2v) is 4.93. The van der Waals surface area contributed by atoms with E-state index in [0.717, 1.165) is 18.6 Å². The third-order valence-electron chi connectivity index (χ3n) is 2.38. The van der Waals surface area contributed by atoms with Crippen LogP contribution in [-0.2, 0) is 9.59 Å². The number of carbonyl (C=O) groups is 2. The summed E-state index contributed by atoms with van der Waals surface area (Å²) in [6, 6.07) is -0.764. The van der Waals surface area contributed by atoms with Crippen molar-refractivity contribution in [2.45, 2.75) is 39.7 Å². The molecular formula is C11H21NO3S. The molecule has 0 unspecified atom stereocenters. The summed E-state index contributed by atoms with van der Waals surface area (Å²) < 4.78 is 0. The van der Waals surface area contributed by atoms with Crippen LogP contribution in [0.3, 0.4) is 0 Å². The van der Waals surface area contributed by atoms with Crippen LogP contribution in [0.4, 0.5) is 0 Å². The van der Waals surface area contributed by atoms with Crippen LogP contribution >= 0.6 is 11.8 Å². The number of carboxylic acids is 1. The Labute approximate surface area is 101 Å². The number of amides is 1. The molecule has 4 nitrogen and oxygen atoms in total. The molecule has 94 valence electrons. The first-order valence-electron chi connectivity index (χ1n) is 5.62. The van der Waals surface area contributed by atoms with Crippen LogP contribution in [0.25, 0.3) is 0 Å². The lowest BCUT2D eigenvalue weighted by atomic mass is 9.99. The number of hydrogen-bond acceptors (Lipinski definition) is 3. The van der Waals surface area contributed by atoms with Crippen LogP contribution in [-0.4, -0.2) is 34.5 Å². The van der Waals surface area contributed by atoms with Crippen molar-refractivity contribution in [2.75, 3.05) is 11.5 Å². The lowest BCUT2D eigenvalue weighted by molar-refractivity contribution is -0.143. The number of carboxylic acid groups (broad SMARTS) is 1. The van der Waals surface area contributed by atoms with Crippen molar-refractivity contribution in [3.63, 3.8) is 0 Å². The van der Waals surface area contributed by atoms with Crippen molar-refractivity contribution in [1.29, 1.82) is 0 Å². The van der Waals surface area contributed by atoms with Gasteiger partial charge in [0.2, 0.25) is 5.91 Å². The maximum absolute atomic E-state index is 11.5.